The molecule has 2 aliphatic heterocycles. The first-order valence-electron chi connectivity index (χ1n) is 8.21. The molecule has 2 aliphatic rings. The van der Waals surface area contributed by atoms with Crippen molar-refractivity contribution in [2.24, 2.45) is 0 Å². The number of nitrogens with zero attached hydrogens (tertiary/aromatic N) is 2. The van der Waals surface area contributed by atoms with Gasteiger partial charge in [-0.3, -0.25) is 4.79 Å². The third-order valence-corrected chi connectivity index (χ3v) is 5.04. The zero-order chi connectivity index (χ0) is 17.1. The lowest BCUT2D eigenvalue weighted by Crippen LogP contribution is -2.40. The van der Waals surface area contributed by atoms with Crippen molar-refractivity contribution in [1.82, 2.24) is 9.88 Å². The van der Waals surface area contributed by atoms with Gasteiger partial charge in [-0.05, 0) is 30.3 Å². The molecule has 1 amide bonds. The van der Waals surface area contributed by atoms with Crippen molar-refractivity contribution >= 4 is 17.7 Å². The van der Waals surface area contributed by atoms with Crippen molar-refractivity contribution < 1.29 is 19.0 Å². The molecule has 4 rings (SSSR count). The molecule has 1 aromatic heterocycles. The molecule has 0 aliphatic carbocycles. The predicted octanol–water partition coefficient (Wildman–Crippen LogP) is 2.48. The van der Waals surface area contributed by atoms with Gasteiger partial charge in [0, 0.05) is 24.2 Å². The molecule has 1 fully saturated rings. The number of hydrogen-bond acceptors (Lipinski definition) is 6. The number of ether oxygens (including phenoxy) is 3. The number of amides is 1. The molecule has 0 N–H and O–H groups in total. The van der Waals surface area contributed by atoms with Gasteiger partial charge < -0.3 is 19.1 Å². The lowest BCUT2D eigenvalue weighted by Gasteiger charge is -2.27. The van der Waals surface area contributed by atoms with E-state index in [1.54, 1.807) is 12.3 Å². The Hall–Kier alpha value is -2.25. The largest absolute Gasteiger partial charge is 0.486 e. The SMILES string of the molecule is O=C(c1cccnc1Sc1ccc2c(c1)OCCO2)N1CCOCC1. The van der Waals surface area contributed by atoms with Crippen LogP contribution in [0.3, 0.4) is 0 Å². The van der Waals surface area contributed by atoms with E-state index in [2.05, 4.69) is 4.98 Å². The second kappa shape index (κ2) is 7.33. The average molecular weight is 358 g/mol. The standard InChI is InChI=1S/C18H18N2O4S/c21-18(20-6-8-22-9-7-20)14-2-1-5-19-17(14)25-13-3-4-15-16(12-13)24-11-10-23-15/h1-5,12H,6-11H2. The van der Waals surface area contributed by atoms with Crippen LogP contribution in [0.1, 0.15) is 10.4 Å². The van der Waals surface area contributed by atoms with Gasteiger partial charge in [-0.1, -0.05) is 11.8 Å². The highest BCUT2D eigenvalue weighted by molar-refractivity contribution is 7.99. The van der Waals surface area contributed by atoms with Gasteiger partial charge >= 0.3 is 0 Å². The van der Waals surface area contributed by atoms with Gasteiger partial charge in [-0.25, -0.2) is 4.98 Å². The van der Waals surface area contributed by atoms with Crippen LogP contribution in [-0.2, 0) is 4.74 Å². The summed E-state index contributed by atoms with van der Waals surface area (Å²) in [5, 5.41) is 0.690. The van der Waals surface area contributed by atoms with Crippen LogP contribution in [0.5, 0.6) is 11.5 Å². The van der Waals surface area contributed by atoms with Gasteiger partial charge in [0.25, 0.3) is 5.91 Å². The Morgan fingerprint density at radius 1 is 1.04 bits per heavy atom. The zero-order valence-corrected chi connectivity index (χ0v) is 14.5. The fraction of sp³-hybridized carbons (Fsp3) is 0.333. The van der Waals surface area contributed by atoms with Gasteiger partial charge in [0.15, 0.2) is 11.5 Å². The summed E-state index contributed by atoms with van der Waals surface area (Å²) >= 11 is 1.45. The molecule has 0 radical (unpaired) electrons. The van der Waals surface area contributed by atoms with Gasteiger partial charge in [-0.15, -0.1) is 0 Å². The van der Waals surface area contributed by atoms with E-state index >= 15 is 0 Å². The molecule has 0 atom stereocenters. The molecular weight excluding hydrogens is 340 g/mol. The number of morpholine rings is 1. The molecule has 0 unspecified atom stereocenters. The summed E-state index contributed by atoms with van der Waals surface area (Å²) in [7, 11) is 0. The first-order valence-corrected chi connectivity index (χ1v) is 9.02. The maximum Gasteiger partial charge on any atom is 0.256 e. The van der Waals surface area contributed by atoms with Crippen molar-refractivity contribution in [3.63, 3.8) is 0 Å². The number of fused-ring (bicyclic) bond motifs is 1. The Balaban J connectivity index is 1.57. The molecule has 3 heterocycles. The van der Waals surface area contributed by atoms with E-state index in [0.717, 1.165) is 16.4 Å². The van der Waals surface area contributed by atoms with E-state index in [1.165, 1.54) is 11.8 Å². The maximum absolute atomic E-state index is 12.8. The maximum atomic E-state index is 12.8. The molecular formula is C18H18N2O4S. The van der Waals surface area contributed by atoms with Crippen LogP contribution in [0.25, 0.3) is 0 Å². The monoisotopic (exact) mass is 358 g/mol. The highest BCUT2D eigenvalue weighted by atomic mass is 32.2. The number of carbonyl (C=O) groups excluding carboxylic acids is 1. The van der Waals surface area contributed by atoms with E-state index < -0.39 is 0 Å². The van der Waals surface area contributed by atoms with Crippen LogP contribution in [0.15, 0.2) is 46.5 Å². The number of benzene rings is 1. The Morgan fingerprint density at radius 2 is 1.84 bits per heavy atom. The molecule has 25 heavy (non-hydrogen) atoms. The third kappa shape index (κ3) is 3.57. The summed E-state index contributed by atoms with van der Waals surface area (Å²) in [5.74, 6) is 1.48. The normalized spacial score (nSPS) is 16.6. The smallest absolute Gasteiger partial charge is 0.256 e. The van der Waals surface area contributed by atoms with Gasteiger partial charge in [0.2, 0.25) is 0 Å². The van der Waals surface area contributed by atoms with Crippen molar-refractivity contribution in [3.8, 4) is 11.5 Å². The van der Waals surface area contributed by atoms with Crippen molar-refractivity contribution in [2.45, 2.75) is 9.92 Å². The van der Waals surface area contributed by atoms with Crippen LogP contribution in [0, 0.1) is 0 Å². The molecule has 7 heteroatoms. The first-order chi connectivity index (χ1) is 12.3. The number of carbonyl (C=O) groups is 1. The zero-order valence-electron chi connectivity index (χ0n) is 13.6. The quantitative estimate of drug-likeness (QED) is 0.840. The van der Waals surface area contributed by atoms with E-state index in [9.17, 15) is 4.79 Å². The fourth-order valence-corrected chi connectivity index (χ4v) is 3.67. The number of aromatic nitrogens is 1. The lowest BCUT2D eigenvalue weighted by molar-refractivity contribution is 0.0300. The van der Waals surface area contributed by atoms with Crippen molar-refractivity contribution in [3.05, 3.63) is 42.1 Å². The van der Waals surface area contributed by atoms with Crippen LogP contribution >= 0.6 is 11.8 Å². The highest BCUT2D eigenvalue weighted by Gasteiger charge is 2.22. The van der Waals surface area contributed by atoms with Crippen molar-refractivity contribution in [2.75, 3.05) is 39.5 Å². The molecule has 2 aromatic rings. The molecule has 0 saturated carbocycles. The topological polar surface area (TPSA) is 60.9 Å². The molecule has 1 saturated heterocycles. The van der Waals surface area contributed by atoms with Gasteiger partial charge in [-0.2, -0.15) is 0 Å². The molecule has 0 bridgehead atoms. The van der Waals surface area contributed by atoms with E-state index in [0.29, 0.717) is 50.1 Å². The van der Waals surface area contributed by atoms with Crippen LogP contribution in [0.4, 0.5) is 0 Å². The van der Waals surface area contributed by atoms with Crippen molar-refractivity contribution in [1.29, 1.82) is 0 Å². The summed E-state index contributed by atoms with van der Waals surface area (Å²) in [6.07, 6.45) is 1.70. The Morgan fingerprint density at radius 3 is 2.68 bits per heavy atom. The van der Waals surface area contributed by atoms with Gasteiger partial charge in [0.05, 0.1) is 18.8 Å². The van der Waals surface area contributed by atoms with Crippen LogP contribution < -0.4 is 9.47 Å². The Labute approximate surface area is 150 Å². The minimum Gasteiger partial charge on any atom is -0.486 e. The average Bonchev–Trinajstić information content (AvgIpc) is 2.68. The summed E-state index contributed by atoms with van der Waals surface area (Å²) in [6, 6.07) is 9.39. The van der Waals surface area contributed by atoms with Crippen LogP contribution in [-0.4, -0.2) is 55.3 Å². The third-order valence-electron chi connectivity index (χ3n) is 4.03. The number of pyridine rings is 1. The molecule has 130 valence electrons. The summed E-state index contributed by atoms with van der Waals surface area (Å²) in [4.78, 5) is 20.0. The summed E-state index contributed by atoms with van der Waals surface area (Å²) in [5.41, 5.74) is 0.615. The lowest BCUT2D eigenvalue weighted by atomic mass is 10.2. The molecule has 0 spiro atoms. The van der Waals surface area contributed by atoms with E-state index in [-0.39, 0.29) is 5.91 Å². The second-order valence-electron chi connectivity index (χ2n) is 5.67. The van der Waals surface area contributed by atoms with Gasteiger partial charge in [0.1, 0.15) is 18.2 Å². The summed E-state index contributed by atoms with van der Waals surface area (Å²) < 4.78 is 16.5. The number of rotatable bonds is 3. The number of hydrogen-bond donors (Lipinski definition) is 0. The molecule has 6 nitrogen and oxygen atoms in total. The Bertz CT molecular complexity index is 777. The predicted molar refractivity (Wildman–Crippen MR) is 92.5 cm³/mol. The fourth-order valence-electron chi connectivity index (χ4n) is 2.77. The second-order valence-corrected chi connectivity index (χ2v) is 6.73. The summed E-state index contributed by atoms with van der Waals surface area (Å²) in [6.45, 7) is 3.50. The Kier molecular flexibility index (Phi) is 4.76. The molecule has 1 aromatic carbocycles. The minimum absolute atomic E-state index is 0.00329. The first kappa shape index (κ1) is 16.2. The van der Waals surface area contributed by atoms with E-state index in [4.69, 9.17) is 14.2 Å². The highest BCUT2D eigenvalue weighted by Crippen LogP contribution is 2.37. The minimum atomic E-state index is -0.00329. The van der Waals surface area contributed by atoms with Crippen LogP contribution in [0.2, 0.25) is 0 Å². The van der Waals surface area contributed by atoms with E-state index in [1.807, 2.05) is 29.2 Å².